The van der Waals surface area contributed by atoms with Crippen LogP contribution in [0.4, 0.5) is 0 Å². The second-order valence-corrected chi connectivity index (χ2v) is 6.04. The van der Waals surface area contributed by atoms with E-state index < -0.39 is 0 Å². The summed E-state index contributed by atoms with van der Waals surface area (Å²) in [5, 5.41) is 10.4. The number of ketones is 1. The minimum atomic E-state index is -0.191. The van der Waals surface area contributed by atoms with Crippen LogP contribution < -0.4 is 10.3 Å². The largest absolute Gasteiger partial charge is 0.507 e. The first-order valence-electron chi connectivity index (χ1n) is 8.46. The molecule has 1 aromatic carbocycles. The van der Waals surface area contributed by atoms with Gasteiger partial charge in [-0.15, -0.1) is 0 Å². The number of carbonyl (C=O) groups is 1. The smallest absolute Gasteiger partial charge is 0.257 e. The Morgan fingerprint density at radius 2 is 2.08 bits per heavy atom. The Labute approximate surface area is 150 Å². The van der Waals surface area contributed by atoms with E-state index in [1.54, 1.807) is 24.4 Å². The van der Waals surface area contributed by atoms with Crippen LogP contribution in [-0.4, -0.2) is 20.3 Å². The van der Waals surface area contributed by atoms with E-state index in [0.29, 0.717) is 28.9 Å². The quantitative estimate of drug-likeness (QED) is 0.689. The van der Waals surface area contributed by atoms with Gasteiger partial charge in [0.2, 0.25) is 0 Å². The highest BCUT2D eigenvalue weighted by atomic mass is 16.5. The fourth-order valence-corrected chi connectivity index (χ4v) is 2.92. The molecule has 6 nitrogen and oxygen atoms in total. The molecule has 0 aliphatic rings. The maximum Gasteiger partial charge on any atom is 0.257 e. The highest BCUT2D eigenvalue weighted by Crippen LogP contribution is 2.33. The van der Waals surface area contributed by atoms with Crippen LogP contribution in [0.25, 0.3) is 5.65 Å². The number of benzene rings is 1. The van der Waals surface area contributed by atoms with Gasteiger partial charge < -0.3 is 9.84 Å². The van der Waals surface area contributed by atoms with Crippen LogP contribution in [0.2, 0.25) is 0 Å². The van der Waals surface area contributed by atoms with Gasteiger partial charge in [-0.2, -0.15) is 0 Å². The Morgan fingerprint density at radius 3 is 2.81 bits per heavy atom. The third kappa shape index (κ3) is 3.31. The number of Topliss-reactive ketones (excluding diaryl/α,β-unsaturated/α-hetero) is 1. The summed E-state index contributed by atoms with van der Waals surface area (Å²) in [6.45, 7) is 3.60. The zero-order chi connectivity index (χ0) is 18.7. The van der Waals surface area contributed by atoms with Crippen molar-refractivity contribution in [2.45, 2.75) is 33.3 Å². The third-order valence-corrected chi connectivity index (χ3v) is 4.20. The summed E-state index contributed by atoms with van der Waals surface area (Å²) in [4.78, 5) is 27.8. The van der Waals surface area contributed by atoms with Gasteiger partial charge in [0, 0.05) is 29.6 Å². The lowest BCUT2D eigenvalue weighted by atomic mass is 10.0. The molecule has 0 fully saturated rings. The lowest BCUT2D eigenvalue weighted by molar-refractivity contribution is 0.101. The predicted octanol–water partition coefficient (Wildman–Crippen LogP) is 3.13. The van der Waals surface area contributed by atoms with E-state index in [2.05, 4.69) is 4.98 Å². The summed E-state index contributed by atoms with van der Waals surface area (Å²) < 4.78 is 7.37. The molecule has 0 saturated carbocycles. The van der Waals surface area contributed by atoms with Crippen LogP contribution in [0, 0.1) is 0 Å². The van der Waals surface area contributed by atoms with E-state index in [9.17, 15) is 14.7 Å². The molecule has 6 heteroatoms. The SMILES string of the molecule is CCCc1c(OCc2cccn3c(=O)ccnc23)ccc(C(C)=O)c1O. The molecule has 0 atom stereocenters. The molecule has 134 valence electrons. The van der Waals surface area contributed by atoms with Crippen molar-refractivity contribution in [1.82, 2.24) is 9.38 Å². The van der Waals surface area contributed by atoms with Crippen LogP contribution in [0.5, 0.6) is 11.5 Å². The van der Waals surface area contributed by atoms with Crippen molar-refractivity contribution in [3.8, 4) is 11.5 Å². The van der Waals surface area contributed by atoms with Crippen molar-refractivity contribution >= 4 is 11.4 Å². The molecule has 3 aromatic rings. The van der Waals surface area contributed by atoms with Crippen molar-refractivity contribution in [1.29, 1.82) is 0 Å². The molecule has 0 spiro atoms. The Balaban J connectivity index is 1.95. The lowest BCUT2D eigenvalue weighted by Gasteiger charge is -2.15. The van der Waals surface area contributed by atoms with Crippen LogP contribution >= 0.6 is 0 Å². The Kier molecular flexibility index (Phi) is 5.02. The number of pyridine rings is 1. The average molecular weight is 352 g/mol. The molecule has 26 heavy (non-hydrogen) atoms. The minimum absolute atomic E-state index is 0.0240. The third-order valence-electron chi connectivity index (χ3n) is 4.20. The lowest BCUT2D eigenvalue weighted by Crippen LogP contribution is -2.14. The highest BCUT2D eigenvalue weighted by molar-refractivity contribution is 5.97. The zero-order valence-electron chi connectivity index (χ0n) is 14.7. The van der Waals surface area contributed by atoms with Gasteiger partial charge in [-0.1, -0.05) is 19.4 Å². The molecule has 0 aliphatic heterocycles. The minimum Gasteiger partial charge on any atom is -0.507 e. The van der Waals surface area contributed by atoms with E-state index in [1.165, 1.54) is 23.6 Å². The summed E-state index contributed by atoms with van der Waals surface area (Å²) in [5.41, 5.74) is 2.03. The number of nitrogens with zero attached hydrogens (tertiary/aromatic N) is 2. The molecule has 0 radical (unpaired) electrons. The number of rotatable bonds is 6. The van der Waals surface area contributed by atoms with Crippen LogP contribution in [-0.2, 0) is 13.0 Å². The summed E-state index contributed by atoms with van der Waals surface area (Å²) in [5.74, 6) is 0.308. The molecular formula is C20H20N2O4. The van der Waals surface area contributed by atoms with Crippen LogP contribution in [0.1, 0.15) is 41.8 Å². The number of carbonyl (C=O) groups excluding carboxylic acids is 1. The summed E-state index contributed by atoms with van der Waals surface area (Å²) in [6.07, 6.45) is 4.52. The van der Waals surface area contributed by atoms with E-state index in [4.69, 9.17) is 4.74 Å². The number of hydrogen-bond donors (Lipinski definition) is 1. The fourth-order valence-electron chi connectivity index (χ4n) is 2.92. The second kappa shape index (κ2) is 7.39. The van der Waals surface area contributed by atoms with E-state index in [1.807, 2.05) is 13.0 Å². The van der Waals surface area contributed by atoms with Crippen molar-refractivity contribution in [2.75, 3.05) is 0 Å². The monoisotopic (exact) mass is 352 g/mol. The summed E-state index contributed by atoms with van der Waals surface area (Å²) in [6, 6.07) is 8.27. The number of phenolic OH excluding ortho intramolecular Hbond substituents is 1. The fraction of sp³-hybridized carbons (Fsp3) is 0.250. The number of hydrogen-bond acceptors (Lipinski definition) is 5. The molecule has 0 aliphatic carbocycles. The van der Waals surface area contributed by atoms with Gasteiger partial charge in [0.15, 0.2) is 5.78 Å². The normalized spacial score (nSPS) is 10.8. The van der Waals surface area contributed by atoms with Gasteiger partial charge in [-0.25, -0.2) is 4.98 Å². The van der Waals surface area contributed by atoms with Crippen LogP contribution in [0.3, 0.4) is 0 Å². The first kappa shape index (κ1) is 17.7. The van der Waals surface area contributed by atoms with Gasteiger partial charge in [0.25, 0.3) is 5.56 Å². The number of ether oxygens (including phenoxy) is 1. The first-order chi connectivity index (χ1) is 12.5. The maximum atomic E-state index is 11.9. The molecule has 2 aromatic heterocycles. The van der Waals surface area contributed by atoms with Crippen molar-refractivity contribution in [3.63, 3.8) is 0 Å². The Hall–Kier alpha value is -3.15. The topological polar surface area (TPSA) is 80.9 Å². The van der Waals surface area contributed by atoms with Gasteiger partial charge in [0.1, 0.15) is 23.8 Å². The molecular weight excluding hydrogens is 332 g/mol. The first-order valence-corrected chi connectivity index (χ1v) is 8.46. The molecule has 0 saturated heterocycles. The number of phenols is 1. The number of aromatic hydroxyl groups is 1. The summed E-state index contributed by atoms with van der Waals surface area (Å²) in [7, 11) is 0. The number of fused-ring (bicyclic) bond motifs is 1. The molecule has 3 rings (SSSR count). The van der Waals surface area contributed by atoms with Crippen molar-refractivity contribution < 1.29 is 14.6 Å². The van der Waals surface area contributed by atoms with Gasteiger partial charge >= 0.3 is 0 Å². The van der Waals surface area contributed by atoms with Crippen molar-refractivity contribution in [3.05, 3.63) is 69.8 Å². The maximum absolute atomic E-state index is 11.9. The van der Waals surface area contributed by atoms with Crippen molar-refractivity contribution in [2.24, 2.45) is 0 Å². The van der Waals surface area contributed by atoms with E-state index in [-0.39, 0.29) is 23.7 Å². The highest BCUT2D eigenvalue weighted by Gasteiger charge is 2.16. The molecule has 0 amide bonds. The molecule has 2 heterocycles. The molecule has 1 N–H and O–H groups in total. The second-order valence-electron chi connectivity index (χ2n) is 6.04. The Morgan fingerprint density at radius 1 is 1.27 bits per heavy atom. The predicted molar refractivity (Wildman–Crippen MR) is 97.9 cm³/mol. The average Bonchev–Trinajstić information content (AvgIpc) is 2.62. The van der Waals surface area contributed by atoms with Gasteiger partial charge in [0.05, 0.1) is 5.56 Å². The van der Waals surface area contributed by atoms with Crippen LogP contribution in [0.15, 0.2) is 47.5 Å². The van der Waals surface area contributed by atoms with Gasteiger partial charge in [-0.05, 0) is 31.5 Å². The van der Waals surface area contributed by atoms with E-state index in [0.717, 1.165) is 12.0 Å². The standard InChI is InChI=1S/C20H20N2O4/c1-3-5-16-17(8-7-15(13(2)23)19(16)25)26-12-14-6-4-11-22-18(24)9-10-21-20(14)22/h4,6-11,25H,3,5,12H2,1-2H3. The zero-order valence-corrected chi connectivity index (χ0v) is 14.7. The summed E-state index contributed by atoms with van der Waals surface area (Å²) >= 11 is 0. The number of aromatic nitrogens is 2. The Bertz CT molecular complexity index is 1020. The van der Waals surface area contributed by atoms with E-state index >= 15 is 0 Å². The van der Waals surface area contributed by atoms with Gasteiger partial charge in [-0.3, -0.25) is 14.0 Å². The molecule has 0 unspecified atom stereocenters. The molecule has 0 bridgehead atoms.